The van der Waals surface area contributed by atoms with Gasteiger partial charge < -0.3 is 15.7 Å². The molecular formula is C12H15FN2O3. The first kappa shape index (κ1) is 14.0. The normalized spacial score (nSPS) is 11.7. The number of amides is 2. The van der Waals surface area contributed by atoms with E-state index in [2.05, 4.69) is 10.6 Å². The fourth-order valence-corrected chi connectivity index (χ4v) is 1.39. The lowest BCUT2D eigenvalue weighted by molar-refractivity contribution is -0.139. The number of carboxylic acids is 1. The minimum Gasteiger partial charge on any atom is -0.480 e. The summed E-state index contributed by atoms with van der Waals surface area (Å²) in [5, 5.41) is 13.5. The molecule has 0 bridgehead atoms. The van der Waals surface area contributed by atoms with Crippen molar-refractivity contribution in [3.63, 3.8) is 0 Å². The van der Waals surface area contributed by atoms with Crippen LogP contribution in [0.2, 0.25) is 0 Å². The van der Waals surface area contributed by atoms with Gasteiger partial charge in [-0.3, -0.25) is 0 Å². The molecule has 18 heavy (non-hydrogen) atoms. The Balaban J connectivity index is 2.64. The lowest BCUT2D eigenvalue weighted by Crippen LogP contribution is -2.42. The first-order valence-corrected chi connectivity index (χ1v) is 5.50. The highest BCUT2D eigenvalue weighted by atomic mass is 19.1. The highest BCUT2D eigenvalue weighted by Crippen LogP contribution is 2.13. The maximum Gasteiger partial charge on any atom is 0.326 e. The van der Waals surface area contributed by atoms with Crippen LogP contribution < -0.4 is 10.6 Å². The van der Waals surface area contributed by atoms with Gasteiger partial charge in [0.15, 0.2) is 0 Å². The van der Waals surface area contributed by atoms with Crippen molar-refractivity contribution in [2.75, 3.05) is 5.32 Å². The zero-order chi connectivity index (χ0) is 13.7. The zero-order valence-electron chi connectivity index (χ0n) is 10.2. The van der Waals surface area contributed by atoms with E-state index in [-0.39, 0.29) is 12.2 Å². The summed E-state index contributed by atoms with van der Waals surface area (Å²) in [4.78, 5) is 22.2. The molecule has 0 aliphatic carbocycles. The fourth-order valence-electron chi connectivity index (χ4n) is 1.39. The molecule has 0 saturated carbocycles. The van der Waals surface area contributed by atoms with E-state index in [1.54, 1.807) is 13.8 Å². The topological polar surface area (TPSA) is 78.4 Å². The van der Waals surface area contributed by atoms with Crippen LogP contribution in [0.15, 0.2) is 18.2 Å². The van der Waals surface area contributed by atoms with Gasteiger partial charge in [-0.05, 0) is 37.1 Å². The van der Waals surface area contributed by atoms with Crippen molar-refractivity contribution in [2.45, 2.75) is 26.3 Å². The number of carbonyl (C=O) groups excluding carboxylic acids is 1. The summed E-state index contributed by atoms with van der Waals surface area (Å²) in [6.07, 6.45) is 0.283. The number of aliphatic carboxylic acids is 1. The van der Waals surface area contributed by atoms with Gasteiger partial charge in [0.05, 0.1) is 0 Å². The summed E-state index contributed by atoms with van der Waals surface area (Å²) >= 11 is 0. The molecule has 0 spiro atoms. The van der Waals surface area contributed by atoms with Gasteiger partial charge in [-0.1, -0.05) is 6.92 Å². The van der Waals surface area contributed by atoms with Crippen molar-refractivity contribution in [1.82, 2.24) is 5.32 Å². The summed E-state index contributed by atoms with van der Waals surface area (Å²) in [6.45, 7) is 3.23. The van der Waals surface area contributed by atoms with Gasteiger partial charge in [0.2, 0.25) is 0 Å². The molecule has 0 fully saturated rings. The van der Waals surface area contributed by atoms with Gasteiger partial charge in [0.25, 0.3) is 0 Å². The lowest BCUT2D eigenvalue weighted by atomic mass is 10.2. The second-order valence-electron chi connectivity index (χ2n) is 3.86. The number of anilines is 1. The Morgan fingerprint density at radius 3 is 2.61 bits per heavy atom. The van der Waals surface area contributed by atoms with Crippen LogP contribution in [-0.4, -0.2) is 23.1 Å². The second-order valence-corrected chi connectivity index (χ2v) is 3.86. The van der Waals surface area contributed by atoms with E-state index in [1.165, 1.54) is 18.2 Å². The van der Waals surface area contributed by atoms with Crippen LogP contribution in [0, 0.1) is 12.7 Å². The number of benzene rings is 1. The van der Waals surface area contributed by atoms with Gasteiger partial charge in [-0.2, -0.15) is 0 Å². The molecule has 1 unspecified atom stereocenters. The predicted octanol–water partition coefficient (Wildman–Crippen LogP) is 2.12. The van der Waals surface area contributed by atoms with Crippen LogP contribution in [0.4, 0.5) is 14.9 Å². The van der Waals surface area contributed by atoms with Gasteiger partial charge in [-0.25, -0.2) is 14.0 Å². The average molecular weight is 254 g/mol. The van der Waals surface area contributed by atoms with Crippen LogP contribution in [-0.2, 0) is 4.79 Å². The highest BCUT2D eigenvalue weighted by Gasteiger charge is 2.17. The third kappa shape index (κ3) is 3.73. The molecule has 1 rings (SSSR count). The zero-order valence-corrected chi connectivity index (χ0v) is 10.2. The first-order chi connectivity index (χ1) is 8.43. The number of urea groups is 1. The maximum absolute atomic E-state index is 13.0. The van der Waals surface area contributed by atoms with Crippen LogP contribution in [0.5, 0.6) is 0 Å². The Labute approximate surface area is 104 Å². The van der Waals surface area contributed by atoms with E-state index in [4.69, 9.17) is 5.11 Å². The van der Waals surface area contributed by atoms with E-state index >= 15 is 0 Å². The SMILES string of the molecule is CCC(NC(=O)Nc1ccc(F)c(C)c1)C(=O)O. The summed E-state index contributed by atoms with van der Waals surface area (Å²) in [6, 6.07) is 2.54. The standard InChI is InChI=1S/C12H15FN2O3/c1-3-10(11(16)17)15-12(18)14-8-4-5-9(13)7(2)6-8/h4-6,10H,3H2,1-2H3,(H,16,17)(H2,14,15,18). The molecule has 3 N–H and O–H groups in total. The number of hydrogen-bond acceptors (Lipinski definition) is 2. The van der Waals surface area contributed by atoms with Gasteiger partial charge in [0.1, 0.15) is 11.9 Å². The van der Waals surface area contributed by atoms with Crippen LogP contribution in [0.25, 0.3) is 0 Å². The van der Waals surface area contributed by atoms with Gasteiger partial charge in [-0.15, -0.1) is 0 Å². The average Bonchev–Trinajstić information content (AvgIpc) is 2.30. The fraction of sp³-hybridized carbons (Fsp3) is 0.333. The quantitative estimate of drug-likeness (QED) is 0.770. The molecule has 98 valence electrons. The third-order valence-corrected chi connectivity index (χ3v) is 2.43. The Kier molecular flexibility index (Phi) is 4.65. The second kappa shape index (κ2) is 6.00. The molecular weight excluding hydrogens is 239 g/mol. The van der Waals surface area contributed by atoms with Crippen molar-refractivity contribution < 1.29 is 19.1 Å². The Hall–Kier alpha value is -2.11. The molecule has 0 aromatic heterocycles. The van der Waals surface area contributed by atoms with Crippen molar-refractivity contribution in [3.05, 3.63) is 29.6 Å². The Morgan fingerprint density at radius 1 is 1.44 bits per heavy atom. The molecule has 2 amide bonds. The Morgan fingerprint density at radius 2 is 2.11 bits per heavy atom. The predicted molar refractivity (Wildman–Crippen MR) is 65.0 cm³/mol. The number of halogens is 1. The molecule has 1 aromatic carbocycles. The number of hydrogen-bond donors (Lipinski definition) is 3. The molecule has 0 aliphatic heterocycles. The van der Waals surface area contributed by atoms with Crippen LogP contribution >= 0.6 is 0 Å². The van der Waals surface area contributed by atoms with E-state index in [0.29, 0.717) is 11.3 Å². The summed E-state index contributed by atoms with van der Waals surface area (Å²) < 4.78 is 13.0. The van der Waals surface area contributed by atoms with E-state index in [0.717, 1.165) is 0 Å². The minimum atomic E-state index is -1.09. The lowest BCUT2D eigenvalue weighted by Gasteiger charge is -2.13. The Bertz CT molecular complexity index is 463. The number of carboxylic acid groups (broad SMARTS) is 1. The first-order valence-electron chi connectivity index (χ1n) is 5.50. The monoisotopic (exact) mass is 254 g/mol. The third-order valence-electron chi connectivity index (χ3n) is 2.43. The molecule has 5 nitrogen and oxygen atoms in total. The molecule has 1 atom stereocenters. The number of rotatable bonds is 4. The highest BCUT2D eigenvalue weighted by molar-refractivity contribution is 5.92. The summed E-state index contributed by atoms with van der Waals surface area (Å²) in [7, 11) is 0. The number of nitrogens with one attached hydrogen (secondary N) is 2. The van der Waals surface area contributed by atoms with Gasteiger partial charge in [0, 0.05) is 5.69 Å². The van der Waals surface area contributed by atoms with E-state index in [1.807, 2.05) is 0 Å². The van der Waals surface area contributed by atoms with Crippen molar-refractivity contribution in [3.8, 4) is 0 Å². The van der Waals surface area contributed by atoms with Crippen molar-refractivity contribution in [2.24, 2.45) is 0 Å². The number of carbonyl (C=O) groups is 2. The van der Waals surface area contributed by atoms with Crippen molar-refractivity contribution >= 4 is 17.7 Å². The van der Waals surface area contributed by atoms with Crippen molar-refractivity contribution in [1.29, 1.82) is 0 Å². The molecule has 0 radical (unpaired) electrons. The number of aryl methyl sites for hydroxylation is 1. The minimum absolute atomic E-state index is 0.283. The molecule has 6 heteroatoms. The van der Waals surface area contributed by atoms with Crippen LogP contribution in [0.3, 0.4) is 0 Å². The van der Waals surface area contributed by atoms with Crippen LogP contribution in [0.1, 0.15) is 18.9 Å². The molecule has 1 aromatic rings. The summed E-state index contributed by atoms with van der Waals surface area (Å²) in [5.41, 5.74) is 0.810. The maximum atomic E-state index is 13.0. The van der Waals surface area contributed by atoms with E-state index < -0.39 is 18.0 Å². The molecule has 0 heterocycles. The molecule has 0 saturated heterocycles. The van der Waals surface area contributed by atoms with Gasteiger partial charge >= 0.3 is 12.0 Å². The smallest absolute Gasteiger partial charge is 0.326 e. The summed E-state index contributed by atoms with van der Waals surface area (Å²) in [5.74, 6) is -1.46. The largest absolute Gasteiger partial charge is 0.480 e. The van der Waals surface area contributed by atoms with E-state index in [9.17, 15) is 14.0 Å². The molecule has 0 aliphatic rings.